The molecule has 1 aromatic rings. The van der Waals surface area contributed by atoms with Gasteiger partial charge in [-0.3, -0.25) is 14.4 Å². The minimum Gasteiger partial charge on any atom is -0.497 e. The molecule has 0 aromatic heterocycles. The third-order valence-corrected chi connectivity index (χ3v) is 2.79. The van der Waals surface area contributed by atoms with E-state index in [1.54, 1.807) is 24.3 Å². The Bertz CT molecular complexity index is 511. The Morgan fingerprint density at radius 3 is 2.19 bits per heavy atom. The summed E-state index contributed by atoms with van der Waals surface area (Å²) in [6, 6.07) is 6.79. The maximum absolute atomic E-state index is 12.1. The van der Waals surface area contributed by atoms with Crippen LogP contribution in [-0.2, 0) is 20.8 Å². The number of benzene rings is 1. The SMILES string of the molecule is COc1ccc(CC(=O)N(CCC(=O)O)CC(=O)O)cc1. The predicted molar refractivity (Wildman–Crippen MR) is 73.2 cm³/mol. The van der Waals surface area contributed by atoms with Crippen LogP contribution in [0.2, 0.25) is 0 Å². The predicted octanol–water partition coefficient (Wildman–Crippen LogP) is 0.626. The van der Waals surface area contributed by atoms with Gasteiger partial charge in [0.05, 0.1) is 20.0 Å². The van der Waals surface area contributed by atoms with Crippen LogP contribution in [0.1, 0.15) is 12.0 Å². The molecule has 2 N–H and O–H groups in total. The van der Waals surface area contributed by atoms with Gasteiger partial charge in [-0.2, -0.15) is 0 Å². The molecule has 0 heterocycles. The monoisotopic (exact) mass is 295 g/mol. The van der Waals surface area contributed by atoms with E-state index in [-0.39, 0.29) is 19.4 Å². The van der Waals surface area contributed by atoms with E-state index in [2.05, 4.69) is 0 Å². The zero-order valence-electron chi connectivity index (χ0n) is 11.6. The molecule has 1 amide bonds. The number of methoxy groups -OCH3 is 1. The quantitative estimate of drug-likeness (QED) is 0.728. The number of carbonyl (C=O) groups excluding carboxylic acids is 1. The second kappa shape index (κ2) is 7.88. The lowest BCUT2D eigenvalue weighted by Gasteiger charge is -2.19. The lowest BCUT2D eigenvalue weighted by molar-refractivity contribution is -0.145. The topological polar surface area (TPSA) is 104 Å². The van der Waals surface area contributed by atoms with Crippen LogP contribution in [-0.4, -0.2) is 53.2 Å². The van der Waals surface area contributed by atoms with Gasteiger partial charge in [-0.25, -0.2) is 0 Å². The van der Waals surface area contributed by atoms with Crippen LogP contribution < -0.4 is 4.74 Å². The zero-order chi connectivity index (χ0) is 15.8. The van der Waals surface area contributed by atoms with Crippen LogP contribution in [0.4, 0.5) is 0 Å². The molecule has 0 saturated heterocycles. The highest BCUT2D eigenvalue weighted by molar-refractivity contribution is 5.83. The van der Waals surface area contributed by atoms with Gasteiger partial charge in [-0.15, -0.1) is 0 Å². The Kier molecular flexibility index (Phi) is 6.19. The largest absolute Gasteiger partial charge is 0.497 e. The molecule has 0 atom stereocenters. The average Bonchev–Trinajstić information content (AvgIpc) is 2.43. The molecule has 1 rings (SSSR count). The van der Waals surface area contributed by atoms with Crippen LogP contribution in [0.25, 0.3) is 0 Å². The van der Waals surface area contributed by atoms with Gasteiger partial charge in [0, 0.05) is 6.54 Å². The number of aliphatic carboxylic acids is 2. The maximum atomic E-state index is 12.1. The Morgan fingerprint density at radius 2 is 1.71 bits per heavy atom. The average molecular weight is 295 g/mol. The van der Waals surface area contributed by atoms with Gasteiger partial charge in [-0.1, -0.05) is 12.1 Å². The van der Waals surface area contributed by atoms with Gasteiger partial charge in [-0.05, 0) is 17.7 Å². The van der Waals surface area contributed by atoms with Gasteiger partial charge in [0.25, 0.3) is 0 Å². The van der Waals surface area contributed by atoms with E-state index in [1.165, 1.54) is 7.11 Å². The third kappa shape index (κ3) is 5.94. The number of ether oxygens (including phenoxy) is 1. The summed E-state index contributed by atoms with van der Waals surface area (Å²) in [6.45, 7) is -0.640. The fraction of sp³-hybridized carbons (Fsp3) is 0.357. The molecule has 7 nitrogen and oxygen atoms in total. The summed E-state index contributed by atoms with van der Waals surface area (Å²) < 4.78 is 5.00. The molecule has 0 bridgehead atoms. The number of carboxylic acids is 2. The maximum Gasteiger partial charge on any atom is 0.323 e. The van der Waals surface area contributed by atoms with Gasteiger partial charge >= 0.3 is 11.9 Å². The smallest absolute Gasteiger partial charge is 0.323 e. The number of hydrogen-bond donors (Lipinski definition) is 2. The molecule has 21 heavy (non-hydrogen) atoms. The van der Waals surface area contributed by atoms with Crippen molar-refractivity contribution in [2.45, 2.75) is 12.8 Å². The number of hydrogen-bond acceptors (Lipinski definition) is 4. The summed E-state index contributed by atoms with van der Waals surface area (Å²) >= 11 is 0. The molecule has 7 heteroatoms. The Balaban J connectivity index is 2.69. The molecule has 0 aliphatic heterocycles. The summed E-state index contributed by atoms with van der Waals surface area (Å²) in [5.74, 6) is -2.03. The first kappa shape index (κ1) is 16.5. The second-order valence-electron chi connectivity index (χ2n) is 4.38. The molecule has 0 radical (unpaired) electrons. The van der Waals surface area contributed by atoms with Crippen molar-refractivity contribution in [3.63, 3.8) is 0 Å². The number of carboxylic acid groups (broad SMARTS) is 2. The summed E-state index contributed by atoms with van der Waals surface area (Å²) in [7, 11) is 1.53. The summed E-state index contributed by atoms with van der Waals surface area (Å²) in [4.78, 5) is 34.4. The molecule has 0 unspecified atom stereocenters. The Morgan fingerprint density at radius 1 is 1.10 bits per heavy atom. The van der Waals surface area contributed by atoms with Crippen molar-refractivity contribution < 1.29 is 29.3 Å². The standard InChI is InChI=1S/C14H17NO6/c1-21-11-4-2-10(3-5-11)8-12(16)15(9-14(19)20)7-6-13(17)18/h2-5H,6-9H2,1H3,(H,17,18)(H,19,20). The van der Waals surface area contributed by atoms with E-state index in [1.807, 2.05) is 0 Å². The number of rotatable bonds is 8. The van der Waals surface area contributed by atoms with Crippen LogP contribution in [0.5, 0.6) is 5.75 Å². The Labute approximate surface area is 121 Å². The summed E-state index contributed by atoms with van der Waals surface area (Å²) in [6.07, 6.45) is -0.279. The van der Waals surface area contributed by atoms with Crippen molar-refractivity contribution in [3.8, 4) is 5.75 Å². The summed E-state index contributed by atoms with van der Waals surface area (Å²) in [5.41, 5.74) is 0.700. The van der Waals surface area contributed by atoms with Crippen LogP contribution in [0.15, 0.2) is 24.3 Å². The highest BCUT2D eigenvalue weighted by Gasteiger charge is 2.18. The molecule has 1 aromatic carbocycles. The lowest BCUT2D eigenvalue weighted by atomic mass is 10.1. The normalized spacial score (nSPS) is 9.95. The van der Waals surface area contributed by atoms with Crippen molar-refractivity contribution >= 4 is 17.8 Å². The Hall–Kier alpha value is -2.57. The van der Waals surface area contributed by atoms with Crippen molar-refractivity contribution in [2.24, 2.45) is 0 Å². The minimum atomic E-state index is -1.18. The minimum absolute atomic E-state index is 0.0108. The molecule has 0 spiro atoms. The van der Waals surface area contributed by atoms with Crippen molar-refractivity contribution in [1.29, 1.82) is 0 Å². The highest BCUT2D eigenvalue weighted by Crippen LogP contribution is 2.12. The van der Waals surface area contributed by atoms with Crippen molar-refractivity contribution in [2.75, 3.05) is 20.2 Å². The molecule has 0 fully saturated rings. The second-order valence-corrected chi connectivity index (χ2v) is 4.38. The zero-order valence-corrected chi connectivity index (χ0v) is 11.6. The van der Waals surface area contributed by atoms with E-state index in [9.17, 15) is 14.4 Å². The summed E-state index contributed by atoms with van der Waals surface area (Å²) in [5, 5.41) is 17.4. The number of carbonyl (C=O) groups is 3. The van der Waals surface area contributed by atoms with Gasteiger partial charge in [0.15, 0.2) is 0 Å². The fourth-order valence-electron chi connectivity index (χ4n) is 1.72. The van der Waals surface area contributed by atoms with Gasteiger partial charge < -0.3 is 19.8 Å². The van der Waals surface area contributed by atoms with Crippen molar-refractivity contribution in [1.82, 2.24) is 4.90 Å². The van der Waals surface area contributed by atoms with Crippen LogP contribution in [0.3, 0.4) is 0 Å². The van der Waals surface area contributed by atoms with E-state index < -0.39 is 24.4 Å². The molecule has 0 saturated carbocycles. The first-order valence-corrected chi connectivity index (χ1v) is 6.26. The molecular formula is C14H17NO6. The van der Waals surface area contributed by atoms with Gasteiger partial charge in [0.2, 0.25) is 5.91 Å². The fourth-order valence-corrected chi connectivity index (χ4v) is 1.72. The van der Waals surface area contributed by atoms with Crippen molar-refractivity contribution in [3.05, 3.63) is 29.8 Å². The molecular weight excluding hydrogens is 278 g/mol. The van der Waals surface area contributed by atoms with E-state index in [0.717, 1.165) is 4.90 Å². The van der Waals surface area contributed by atoms with Crippen LogP contribution in [0, 0.1) is 0 Å². The molecule has 0 aliphatic rings. The first-order chi connectivity index (χ1) is 9.92. The van der Waals surface area contributed by atoms with Gasteiger partial charge in [0.1, 0.15) is 12.3 Å². The molecule has 0 aliphatic carbocycles. The highest BCUT2D eigenvalue weighted by atomic mass is 16.5. The van der Waals surface area contributed by atoms with E-state index in [0.29, 0.717) is 11.3 Å². The van der Waals surface area contributed by atoms with E-state index >= 15 is 0 Å². The lowest BCUT2D eigenvalue weighted by Crippen LogP contribution is -2.38. The van der Waals surface area contributed by atoms with E-state index in [4.69, 9.17) is 14.9 Å². The molecule has 114 valence electrons. The number of amides is 1. The number of nitrogens with zero attached hydrogens (tertiary/aromatic N) is 1. The first-order valence-electron chi connectivity index (χ1n) is 6.26. The third-order valence-electron chi connectivity index (χ3n) is 2.79. The van der Waals surface area contributed by atoms with Crippen LogP contribution >= 0.6 is 0 Å².